The second-order valence-corrected chi connectivity index (χ2v) is 10.7. The fourth-order valence-electron chi connectivity index (χ4n) is 4.95. The lowest BCUT2D eigenvalue weighted by Crippen LogP contribution is -2.47. The zero-order chi connectivity index (χ0) is 35.6. The summed E-state index contributed by atoms with van der Waals surface area (Å²) in [6.07, 6.45) is 3.67. The van der Waals surface area contributed by atoms with Crippen LogP contribution in [0.1, 0.15) is 73.7 Å². The highest BCUT2D eigenvalue weighted by Gasteiger charge is 2.31. The quantitative estimate of drug-likeness (QED) is 0.0468. The van der Waals surface area contributed by atoms with Crippen LogP contribution in [-0.4, -0.2) is 103 Å². The Morgan fingerprint density at radius 3 is 2.23 bits per heavy atom. The van der Waals surface area contributed by atoms with Gasteiger partial charge in [0.1, 0.15) is 24.5 Å². The summed E-state index contributed by atoms with van der Waals surface area (Å²) < 4.78 is 15.0. The largest absolute Gasteiger partial charge is 0.493 e. The number of benzene rings is 1. The van der Waals surface area contributed by atoms with Gasteiger partial charge in [-0.1, -0.05) is 45.2 Å². The highest BCUT2D eigenvalue weighted by Crippen LogP contribution is 2.28. The Morgan fingerprint density at radius 2 is 1.65 bits per heavy atom. The van der Waals surface area contributed by atoms with E-state index in [2.05, 4.69) is 25.1 Å². The average Bonchev–Trinajstić information content (AvgIpc) is 3.10. The molecule has 4 amide bonds. The number of amides is 4. The number of hydrogen-bond donors (Lipinski definition) is 3. The van der Waals surface area contributed by atoms with Gasteiger partial charge in [0.2, 0.25) is 12.3 Å². The number of carbonyl (C=O) groups excluding carboxylic acids is 6. The topological polar surface area (TPSA) is 194 Å². The highest BCUT2D eigenvalue weighted by molar-refractivity contribution is 6.00. The first-order valence-electron chi connectivity index (χ1n) is 15.7. The van der Waals surface area contributed by atoms with Gasteiger partial charge in [-0.3, -0.25) is 34.0 Å². The van der Waals surface area contributed by atoms with Gasteiger partial charge in [-0.2, -0.15) is 0 Å². The zero-order valence-corrected chi connectivity index (χ0v) is 28.0. The van der Waals surface area contributed by atoms with Crippen LogP contribution >= 0.6 is 0 Å². The number of aromatic nitrogens is 1. The number of ether oxygens (including phenoxy) is 3. The van der Waals surface area contributed by atoms with E-state index in [1.54, 1.807) is 38.1 Å². The molecule has 0 saturated carbocycles. The Labute approximate surface area is 279 Å². The molecule has 2 atom stereocenters. The van der Waals surface area contributed by atoms with E-state index < -0.39 is 54.7 Å². The first-order valence-corrected chi connectivity index (χ1v) is 15.7. The van der Waals surface area contributed by atoms with E-state index in [1.165, 1.54) is 12.1 Å². The van der Waals surface area contributed by atoms with Crippen molar-refractivity contribution >= 4 is 36.1 Å². The Morgan fingerprint density at radius 1 is 0.958 bits per heavy atom. The van der Waals surface area contributed by atoms with Gasteiger partial charge in [0.05, 0.1) is 50.7 Å². The van der Waals surface area contributed by atoms with Crippen molar-refractivity contribution in [2.24, 2.45) is 5.92 Å². The molecule has 0 aliphatic carbocycles. The number of carbonyl (C=O) groups is 6. The average molecular weight is 672 g/mol. The summed E-state index contributed by atoms with van der Waals surface area (Å²) in [7, 11) is 2.33. The Kier molecular flexibility index (Phi) is 16.5. The lowest BCUT2D eigenvalue weighted by Gasteiger charge is -2.29. The van der Waals surface area contributed by atoms with Crippen LogP contribution < -0.4 is 15.4 Å². The molecule has 2 rings (SSSR count). The number of nitrogens with one attached hydrogen (secondary N) is 2. The van der Waals surface area contributed by atoms with Crippen LogP contribution in [0.5, 0.6) is 5.75 Å². The molecular formula is C33H45N5O10. The van der Waals surface area contributed by atoms with Crippen molar-refractivity contribution < 1.29 is 48.2 Å². The first-order chi connectivity index (χ1) is 23.0. The second kappa shape index (κ2) is 20.2. The van der Waals surface area contributed by atoms with Crippen molar-refractivity contribution in [2.45, 2.75) is 58.9 Å². The molecule has 0 saturated heterocycles. The SMILES string of the molecule is CCCCC[C@@H](C(=O)NCNC(=O)c1cccc(-c2ccc(C(=O)N(CC(=O)OC)CC(=O)OC)c(OCC)c2)n1)[C@@H](CC)N(O)C=O. The van der Waals surface area contributed by atoms with Gasteiger partial charge < -0.3 is 29.7 Å². The van der Waals surface area contributed by atoms with Gasteiger partial charge in [0.25, 0.3) is 11.8 Å². The summed E-state index contributed by atoms with van der Waals surface area (Å²) in [4.78, 5) is 79.9. The maximum absolute atomic E-state index is 13.4. The lowest BCUT2D eigenvalue weighted by atomic mass is 9.90. The normalized spacial score (nSPS) is 11.8. The van der Waals surface area contributed by atoms with E-state index in [4.69, 9.17) is 4.74 Å². The zero-order valence-electron chi connectivity index (χ0n) is 28.0. The predicted octanol–water partition coefficient (Wildman–Crippen LogP) is 2.56. The van der Waals surface area contributed by atoms with E-state index in [9.17, 15) is 34.0 Å². The number of hydrogen-bond acceptors (Lipinski definition) is 11. The van der Waals surface area contributed by atoms with Crippen molar-refractivity contribution in [3.05, 3.63) is 47.7 Å². The van der Waals surface area contributed by atoms with E-state index in [-0.39, 0.29) is 36.7 Å². The molecule has 0 aliphatic heterocycles. The van der Waals surface area contributed by atoms with Crippen LogP contribution in [0, 0.1) is 5.92 Å². The van der Waals surface area contributed by atoms with Crippen LogP contribution in [0.25, 0.3) is 11.3 Å². The van der Waals surface area contributed by atoms with Crippen molar-refractivity contribution in [1.29, 1.82) is 0 Å². The molecule has 3 N–H and O–H groups in total. The number of hydroxylamine groups is 2. The molecule has 1 heterocycles. The minimum atomic E-state index is -0.729. The molecule has 0 fully saturated rings. The number of esters is 2. The van der Waals surface area contributed by atoms with Crippen molar-refractivity contribution in [3.63, 3.8) is 0 Å². The van der Waals surface area contributed by atoms with Crippen LogP contribution in [0.15, 0.2) is 36.4 Å². The summed E-state index contributed by atoms with van der Waals surface area (Å²) in [5.74, 6) is -3.61. The lowest BCUT2D eigenvalue weighted by molar-refractivity contribution is -0.168. The fourth-order valence-corrected chi connectivity index (χ4v) is 4.95. The van der Waals surface area contributed by atoms with E-state index in [1.807, 2.05) is 6.92 Å². The van der Waals surface area contributed by atoms with Gasteiger partial charge in [-0.15, -0.1) is 0 Å². The standard InChI is InChI=1S/C33H45N5O10/c1-6-9-10-12-23(27(7-2)38(45)21-39)31(42)34-20-35-32(43)26-14-11-13-25(36-26)22-15-16-24(28(17-22)48-8-3)33(44)37(18-29(40)46-4)19-30(41)47-5/h11,13-17,21,23,27,45H,6-10,12,18-20H2,1-5H3,(H,34,42)(H,35,43)/t23-,27-/m1/s1. The van der Waals surface area contributed by atoms with Crippen LogP contribution in [0.2, 0.25) is 0 Å². The molecule has 48 heavy (non-hydrogen) atoms. The Bertz CT molecular complexity index is 1400. The van der Waals surface area contributed by atoms with Crippen molar-refractivity contribution in [2.75, 3.05) is 40.6 Å². The van der Waals surface area contributed by atoms with Crippen molar-refractivity contribution in [1.82, 2.24) is 25.6 Å². The van der Waals surface area contributed by atoms with Crippen LogP contribution in [0.3, 0.4) is 0 Å². The van der Waals surface area contributed by atoms with Gasteiger partial charge >= 0.3 is 11.9 Å². The summed E-state index contributed by atoms with van der Waals surface area (Å²) in [5.41, 5.74) is 1.02. The van der Waals surface area contributed by atoms with Crippen LogP contribution in [-0.2, 0) is 28.7 Å². The van der Waals surface area contributed by atoms with E-state index in [0.717, 1.165) is 38.4 Å². The molecule has 2 aromatic rings. The van der Waals surface area contributed by atoms with Gasteiger partial charge in [0, 0.05) is 5.56 Å². The van der Waals surface area contributed by atoms with Gasteiger partial charge in [-0.25, -0.2) is 10.0 Å². The Hall–Kier alpha value is -5.05. The molecule has 0 spiro atoms. The third-order valence-electron chi connectivity index (χ3n) is 7.47. The third kappa shape index (κ3) is 11.3. The number of unbranched alkanes of at least 4 members (excludes halogenated alkanes) is 2. The number of pyridine rings is 1. The monoisotopic (exact) mass is 671 g/mol. The summed E-state index contributed by atoms with van der Waals surface area (Å²) in [5, 5.41) is 15.8. The highest BCUT2D eigenvalue weighted by atomic mass is 16.5. The first kappa shape index (κ1) is 39.1. The molecule has 0 unspecified atom stereocenters. The van der Waals surface area contributed by atoms with Gasteiger partial charge in [0.15, 0.2) is 0 Å². The molecule has 0 bridgehead atoms. The molecule has 262 valence electrons. The van der Waals surface area contributed by atoms with E-state index >= 15 is 0 Å². The molecule has 0 radical (unpaired) electrons. The molecule has 1 aromatic heterocycles. The molecular weight excluding hydrogens is 626 g/mol. The smallest absolute Gasteiger partial charge is 0.325 e. The van der Waals surface area contributed by atoms with Gasteiger partial charge in [-0.05, 0) is 44.0 Å². The predicted molar refractivity (Wildman–Crippen MR) is 173 cm³/mol. The maximum Gasteiger partial charge on any atom is 0.325 e. The molecule has 15 nitrogen and oxygen atoms in total. The molecule has 15 heteroatoms. The fraction of sp³-hybridized carbons (Fsp3) is 0.485. The van der Waals surface area contributed by atoms with Crippen molar-refractivity contribution in [3.8, 4) is 17.0 Å². The number of nitrogens with zero attached hydrogens (tertiary/aromatic N) is 3. The molecule has 0 aliphatic rings. The number of methoxy groups -OCH3 is 2. The number of rotatable bonds is 20. The maximum atomic E-state index is 13.4. The minimum Gasteiger partial charge on any atom is -0.493 e. The Balaban J connectivity index is 2.23. The summed E-state index contributed by atoms with van der Waals surface area (Å²) >= 11 is 0. The molecule has 1 aromatic carbocycles. The van der Waals surface area contributed by atoms with Crippen LogP contribution in [0.4, 0.5) is 0 Å². The summed E-state index contributed by atoms with van der Waals surface area (Å²) in [6, 6.07) is 8.67. The van der Waals surface area contributed by atoms with E-state index in [0.29, 0.717) is 29.2 Å². The second-order valence-electron chi connectivity index (χ2n) is 10.7. The summed E-state index contributed by atoms with van der Waals surface area (Å²) in [6.45, 7) is 4.52. The minimum absolute atomic E-state index is 0.0515. The third-order valence-corrected chi connectivity index (χ3v) is 7.47.